The maximum atomic E-state index is 13.2. The molecule has 0 spiro atoms. The number of halogens is 1. The maximum absolute atomic E-state index is 13.2. The monoisotopic (exact) mass is 487 g/mol. The van der Waals surface area contributed by atoms with Crippen LogP contribution in [0.2, 0.25) is 5.02 Å². The summed E-state index contributed by atoms with van der Waals surface area (Å²) in [5.41, 5.74) is 1.80. The highest BCUT2D eigenvalue weighted by Gasteiger charge is 2.27. The normalized spacial score (nSPS) is 17.6. The fourth-order valence-corrected chi connectivity index (χ4v) is 5.56. The number of amides is 2. The number of hydrogen-bond donors (Lipinski definition) is 0. The van der Waals surface area contributed by atoms with Crippen molar-refractivity contribution >= 4 is 45.0 Å². The van der Waals surface area contributed by atoms with E-state index < -0.39 is 0 Å². The lowest BCUT2D eigenvalue weighted by Gasteiger charge is -2.35. The molecule has 2 amide bonds. The number of rotatable bonds is 4. The van der Waals surface area contributed by atoms with Gasteiger partial charge in [-0.1, -0.05) is 11.6 Å². The Labute approximate surface area is 201 Å². The molecule has 4 heterocycles. The first-order valence-electron chi connectivity index (χ1n) is 11.1. The van der Waals surface area contributed by atoms with E-state index in [9.17, 15) is 9.59 Å². The Morgan fingerprint density at radius 1 is 1.03 bits per heavy atom. The number of aromatic nitrogens is 2. The smallest absolute Gasteiger partial charge is 0.264 e. The number of benzene rings is 1. The minimum Gasteiger partial charge on any atom is -0.378 e. The number of piperazine rings is 1. The van der Waals surface area contributed by atoms with Gasteiger partial charge in [-0.3, -0.25) is 14.5 Å². The average Bonchev–Trinajstić information content (AvgIpc) is 3.41. The number of thiophene rings is 1. The molecule has 0 saturated carbocycles. The first kappa shape index (κ1) is 22.3. The van der Waals surface area contributed by atoms with Crippen molar-refractivity contribution in [1.82, 2.24) is 24.5 Å². The third-order valence-corrected chi connectivity index (χ3v) is 7.56. The van der Waals surface area contributed by atoms with Gasteiger partial charge in [0.1, 0.15) is 4.83 Å². The van der Waals surface area contributed by atoms with Gasteiger partial charge in [0, 0.05) is 49.7 Å². The van der Waals surface area contributed by atoms with Crippen LogP contribution in [0.15, 0.2) is 30.3 Å². The summed E-state index contributed by atoms with van der Waals surface area (Å²) in [5.74, 6) is 0.183. The number of hydrogen-bond acceptors (Lipinski definition) is 6. The molecule has 10 heteroatoms. The van der Waals surface area contributed by atoms with Crippen LogP contribution in [0, 0.1) is 6.92 Å². The molecule has 2 aromatic heterocycles. The van der Waals surface area contributed by atoms with Crippen LogP contribution < -0.4 is 0 Å². The molecular formula is C23H26ClN5O3S. The topological polar surface area (TPSA) is 70.9 Å². The van der Waals surface area contributed by atoms with E-state index in [4.69, 9.17) is 16.3 Å². The van der Waals surface area contributed by atoms with Crippen molar-refractivity contribution in [2.45, 2.75) is 6.92 Å². The Bertz CT molecular complexity index is 1160. The molecule has 2 aliphatic heterocycles. The lowest BCUT2D eigenvalue weighted by atomic mass is 10.2. The van der Waals surface area contributed by atoms with Gasteiger partial charge >= 0.3 is 0 Å². The molecule has 2 saturated heterocycles. The number of carbonyl (C=O) groups is 2. The first-order valence-corrected chi connectivity index (χ1v) is 12.3. The van der Waals surface area contributed by atoms with Gasteiger partial charge in [-0.2, -0.15) is 5.10 Å². The largest absolute Gasteiger partial charge is 0.378 e. The Hall–Kier alpha value is -2.46. The molecule has 174 valence electrons. The highest BCUT2D eigenvalue weighted by atomic mass is 35.5. The molecule has 0 bridgehead atoms. The van der Waals surface area contributed by atoms with Gasteiger partial charge in [0.05, 0.1) is 36.0 Å². The van der Waals surface area contributed by atoms with Gasteiger partial charge in [0.25, 0.3) is 5.91 Å². The average molecular weight is 488 g/mol. The Morgan fingerprint density at radius 2 is 1.73 bits per heavy atom. The molecule has 2 fully saturated rings. The van der Waals surface area contributed by atoms with E-state index in [0.717, 1.165) is 21.6 Å². The molecule has 3 aromatic rings. The van der Waals surface area contributed by atoms with Crippen molar-refractivity contribution in [3.63, 3.8) is 0 Å². The molecule has 0 radical (unpaired) electrons. The number of morpholine rings is 1. The molecule has 33 heavy (non-hydrogen) atoms. The zero-order valence-electron chi connectivity index (χ0n) is 18.5. The van der Waals surface area contributed by atoms with Crippen molar-refractivity contribution in [3.8, 4) is 5.69 Å². The van der Waals surface area contributed by atoms with Crippen LogP contribution in [-0.4, -0.2) is 95.3 Å². The Morgan fingerprint density at radius 3 is 2.42 bits per heavy atom. The molecule has 8 nitrogen and oxygen atoms in total. The highest BCUT2D eigenvalue weighted by molar-refractivity contribution is 7.20. The summed E-state index contributed by atoms with van der Waals surface area (Å²) >= 11 is 7.49. The van der Waals surface area contributed by atoms with Crippen molar-refractivity contribution < 1.29 is 14.3 Å². The van der Waals surface area contributed by atoms with Crippen LogP contribution in [0.3, 0.4) is 0 Å². The minimum atomic E-state index is 0.0393. The number of nitrogens with zero attached hydrogens (tertiary/aromatic N) is 5. The van der Waals surface area contributed by atoms with Crippen molar-refractivity contribution in [3.05, 3.63) is 45.9 Å². The predicted octanol–water partition coefficient (Wildman–Crippen LogP) is 2.67. The molecule has 0 N–H and O–H groups in total. The van der Waals surface area contributed by atoms with Crippen LogP contribution in [0.1, 0.15) is 15.4 Å². The van der Waals surface area contributed by atoms with Gasteiger partial charge in [-0.15, -0.1) is 11.3 Å². The van der Waals surface area contributed by atoms with Crippen LogP contribution in [0.4, 0.5) is 0 Å². The Balaban J connectivity index is 1.24. The van der Waals surface area contributed by atoms with Crippen molar-refractivity contribution in [2.24, 2.45) is 0 Å². The summed E-state index contributed by atoms with van der Waals surface area (Å²) in [6.45, 7) is 7.54. The quantitative estimate of drug-likeness (QED) is 0.566. The fourth-order valence-electron chi connectivity index (χ4n) is 4.28. The standard InChI is InChI=1S/C23H26ClN5O3S/c1-16-19-14-20(33-23(19)29(25-16)18-4-2-17(24)3-5-18)22(31)28-8-6-26(7-9-28)15-21(30)27-10-12-32-13-11-27/h2-5,14H,6-13,15H2,1H3. The van der Waals surface area contributed by atoms with Gasteiger partial charge in [-0.25, -0.2) is 4.68 Å². The van der Waals surface area contributed by atoms with E-state index in [-0.39, 0.29) is 11.8 Å². The number of aryl methyl sites for hydroxylation is 1. The second-order valence-corrected chi connectivity index (χ2v) is 9.83. The fraction of sp³-hybridized carbons (Fsp3) is 0.435. The summed E-state index contributed by atoms with van der Waals surface area (Å²) in [4.78, 5) is 33.3. The lowest BCUT2D eigenvalue weighted by Crippen LogP contribution is -2.52. The lowest BCUT2D eigenvalue weighted by molar-refractivity contribution is -0.136. The molecule has 2 aliphatic rings. The van der Waals surface area contributed by atoms with Crippen LogP contribution in [0.5, 0.6) is 0 Å². The third kappa shape index (κ3) is 4.63. The maximum Gasteiger partial charge on any atom is 0.264 e. The van der Waals surface area contributed by atoms with E-state index in [1.165, 1.54) is 11.3 Å². The molecule has 0 unspecified atom stereocenters. The third-order valence-electron chi connectivity index (χ3n) is 6.21. The number of fused-ring (bicyclic) bond motifs is 1. The SMILES string of the molecule is Cc1nn(-c2ccc(Cl)cc2)c2sc(C(=O)N3CCN(CC(=O)N4CCOCC4)CC3)cc12. The van der Waals surface area contributed by atoms with Gasteiger partial charge < -0.3 is 14.5 Å². The van der Waals surface area contributed by atoms with Crippen LogP contribution in [-0.2, 0) is 9.53 Å². The zero-order chi connectivity index (χ0) is 22.9. The number of ether oxygens (including phenoxy) is 1. The zero-order valence-corrected chi connectivity index (χ0v) is 20.1. The second kappa shape index (κ2) is 9.42. The summed E-state index contributed by atoms with van der Waals surface area (Å²) in [7, 11) is 0. The van der Waals surface area contributed by atoms with Crippen molar-refractivity contribution in [1.29, 1.82) is 0 Å². The first-order chi connectivity index (χ1) is 16.0. The molecular weight excluding hydrogens is 462 g/mol. The summed E-state index contributed by atoms with van der Waals surface area (Å²) in [6.07, 6.45) is 0. The predicted molar refractivity (Wildman–Crippen MR) is 128 cm³/mol. The summed E-state index contributed by atoms with van der Waals surface area (Å²) in [5, 5.41) is 6.31. The van der Waals surface area contributed by atoms with E-state index in [1.54, 1.807) is 0 Å². The summed E-state index contributed by atoms with van der Waals surface area (Å²) < 4.78 is 7.19. The van der Waals surface area contributed by atoms with E-state index in [0.29, 0.717) is 68.9 Å². The molecule has 0 aliphatic carbocycles. The summed E-state index contributed by atoms with van der Waals surface area (Å²) in [6, 6.07) is 9.47. The number of carbonyl (C=O) groups excluding carboxylic acids is 2. The van der Waals surface area contributed by atoms with Gasteiger partial charge in [0.2, 0.25) is 5.91 Å². The van der Waals surface area contributed by atoms with Gasteiger partial charge in [0.15, 0.2) is 0 Å². The van der Waals surface area contributed by atoms with Crippen LogP contribution >= 0.6 is 22.9 Å². The molecule has 5 rings (SSSR count). The Kier molecular flexibility index (Phi) is 6.38. The second-order valence-electron chi connectivity index (χ2n) is 8.36. The van der Waals surface area contributed by atoms with E-state index in [2.05, 4.69) is 10.00 Å². The van der Waals surface area contributed by atoms with E-state index >= 15 is 0 Å². The van der Waals surface area contributed by atoms with Crippen molar-refractivity contribution in [2.75, 3.05) is 59.0 Å². The van der Waals surface area contributed by atoms with Gasteiger partial charge in [-0.05, 0) is 37.3 Å². The molecule has 0 atom stereocenters. The van der Waals surface area contributed by atoms with Crippen LogP contribution in [0.25, 0.3) is 15.9 Å². The molecule has 1 aromatic carbocycles. The van der Waals surface area contributed by atoms with E-state index in [1.807, 2.05) is 51.7 Å². The minimum absolute atomic E-state index is 0.0393. The highest BCUT2D eigenvalue weighted by Crippen LogP contribution is 2.31.